The van der Waals surface area contributed by atoms with Gasteiger partial charge >= 0.3 is 252 Å². The van der Waals surface area contributed by atoms with Crippen LogP contribution in [-0.4, -0.2) is 6.19 Å². The Bertz CT molecular complexity index is 1850. The van der Waals surface area contributed by atoms with Gasteiger partial charge in [0.1, 0.15) is 0 Å². The first-order valence-corrected chi connectivity index (χ1v) is 21.3. The molecule has 2 aliphatic rings. The molecule has 0 aliphatic heterocycles. The van der Waals surface area contributed by atoms with Crippen molar-refractivity contribution < 1.29 is 41.4 Å². The predicted molar refractivity (Wildman–Crippen MR) is 175 cm³/mol. The Hall–Kier alpha value is -2.91. The van der Waals surface area contributed by atoms with E-state index in [4.69, 9.17) is 0 Å². The van der Waals surface area contributed by atoms with Crippen LogP contribution in [0.5, 0.6) is 0 Å². The summed E-state index contributed by atoms with van der Waals surface area (Å²) < 4.78 is 1.08. The van der Waals surface area contributed by atoms with Gasteiger partial charge in [-0.2, -0.15) is 0 Å². The topological polar surface area (TPSA) is 0 Å². The molecule has 5 aromatic carbocycles. The van der Waals surface area contributed by atoms with Crippen LogP contribution in [0.3, 0.4) is 0 Å². The van der Waals surface area contributed by atoms with Crippen molar-refractivity contribution in [2.75, 3.05) is 0 Å². The van der Waals surface area contributed by atoms with E-state index in [9.17, 15) is 0 Å². The molecule has 7 rings (SSSR count). The number of rotatable bonds is 5. The van der Waals surface area contributed by atoms with Crippen LogP contribution in [-0.2, 0) is 16.6 Å². The predicted octanol–water partition coefficient (Wildman–Crippen LogP) is 4.65. The van der Waals surface area contributed by atoms with Crippen molar-refractivity contribution in [2.24, 2.45) is 0 Å². The van der Waals surface area contributed by atoms with Crippen molar-refractivity contribution in [3.63, 3.8) is 0 Å². The van der Waals surface area contributed by atoms with Crippen LogP contribution in [0.1, 0.15) is 43.2 Å². The summed E-state index contributed by atoms with van der Waals surface area (Å²) in [6.45, 7) is 7.63. The summed E-state index contributed by atoms with van der Waals surface area (Å²) in [5.74, 6) is 0. The normalized spacial score (nSPS) is 16.0. The molecule has 2 aliphatic carbocycles. The Kier molecular flexibility index (Phi) is 9.81. The SMILES string of the molecule is CC1=Cc2c(-c3ccccc3)cccc2[CH]1[Ti+2]([CH]1C(c2ccccc2)=Cc2c(-c3ccccc3)cccc21)=[Si](C)C.[Cl-].[Cl-]. The molecule has 0 spiro atoms. The molecule has 0 heterocycles. The smallest absolute Gasteiger partial charge is 1.00 e. The Morgan fingerprint density at radius 3 is 1.42 bits per heavy atom. The molecule has 212 valence electrons. The summed E-state index contributed by atoms with van der Waals surface area (Å²) in [6.07, 6.45) is 4.53. The Morgan fingerprint density at radius 1 is 0.488 bits per heavy atom. The van der Waals surface area contributed by atoms with Crippen LogP contribution in [0.2, 0.25) is 13.1 Å². The molecule has 4 heteroatoms. The second-order valence-electron chi connectivity index (χ2n) is 11.5. The van der Waals surface area contributed by atoms with Gasteiger partial charge in [0.2, 0.25) is 0 Å². The summed E-state index contributed by atoms with van der Waals surface area (Å²) >= 11 is -1.83. The number of benzene rings is 5. The third-order valence-electron chi connectivity index (χ3n) is 8.82. The fourth-order valence-corrected chi connectivity index (χ4v) is 20.7. The molecular formula is C39H34Cl2SiTi. The third kappa shape index (κ3) is 5.71. The van der Waals surface area contributed by atoms with Crippen LogP contribution in [0.15, 0.2) is 133 Å². The van der Waals surface area contributed by atoms with Gasteiger partial charge in [0, 0.05) is 0 Å². The number of fused-ring (bicyclic) bond motifs is 2. The quantitative estimate of drug-likeness (QED) is 0.244. The van der Waals surface area contributed by atoms with Gasteiger partial charge in [0.05, 0.1) is 0 Å². The maximum atomic E-state index is 2.61. The summed E-state index contributed by atoms with van der Waals surface area (Å²) in [4.78, 5) is 0. The van der Waals surface area contributed by atoms with Crippen LogP contribution >= 0.6 is 0 Å². The first-order chi connectivity index (χ1) is 20.1. The van der Waals surface area contributed by atoms with Crippen LogP contribution in [0, 0.1) is 0 Å². The Balaban J connectivity index is 0.00000184. The van der Waals surface area contributed by atoms with Gasteiger partial charge in [-0.3, -0.25) is 0 Å². The van der Waals surface area contributed by atoms with E-state index < -0.39 is 22.8 Å². The van der Waals surface area contributed by atoms with Crippen molar-refractivity contribution in [1.29, 1.82) is 0 Å². The maximum absolute atomic E-state index is 2.61. The molecule has 0 aromatic heterocycles. The van der Waals surface area contributed by atoms with Gasteiger partial charge in [0.15, 0.2) is 0 Å². The van der Waals surface area contributed by atoms with Crippen molar-refractivity contribution in [3.8, 4) is 22.3 Å². The van der Waals surface area contributed by atoms with E-state index in [-0.39, 0.29) is 24.8 Å². The Labute approximate surface area is 275 Å². The molecule has 5 aromatic rings. The molecule has 2 unspecified atom stereocenters. The molecule has 0 radical (unpaired) electrons. The number of halogens is 2. The minimum Gasteiger partial charge on any atom is -1.00 e. The average Bonchev–Trinajstić information content (AvgIpc) is 3.56. The summed E-state index contributed by atoms with van der Waals surface area (Å²) in [7, 11) is 0. The molecule has 0 amide bonds. The molecular weight excluding hydrogens is 615 g/mol. The minimum absolute atomic E-state index is 0. The standard InChI is InChI=1S/C21H15.C16H13.C2H6Si.2ClH.Ti/c1-3-8-16(9-4-1)19-14-18-12-7-13-20(21(18)15-19)17-10-5-2-6-11-17;1-12-10-14-8-5-9-15(16(14)11-12)13-6-3-2-4-7-13;1-3-2;;;/h1-15H;2-11H,1H3;1-2H3;2*1H;/q;;;;;+2/p-2. The van der Waals surface area contributed by atoms with Crippen molar-refractivity contribution >= 4 is 23.9 Å². The van der Waals surface area contributed by atoms with Gasteiger partial charge in [0.25, 0.3) is 0 Å². The van der Waals surface area contributed by atoms with E-state index in [0.717, 1.165) is 0 Å². The second-order valence-corrected chi connectivity index (χ2v) is 23.8. The summed E-state index contributed by atoms with van der Waals surface area (Å²) in [6, 6.07) is 47.3. The van der Waals surface area contributed by atoms with E-state index in [1.54, 1.807) is 22.3 Å². The average molecular weight is 650 g/mol. The molecule has 0 saturated heterocycles. The minimum atomic E-state index is -1.83. The number of hydrogen-bond acceptors (Lipinski definition) is 0. The van der Waals surface area contributed by atoms with Crippen molar-refractivity contribution in [1.82, 2.24) is 0 Å². The van der Waals surface area contributed by atoms with Crippen LogP contribution in [0.4, 0.5) is 0 Å². The molecule has 0 bridgehead atoms. The largest absolute Gasteiger partial charge is 1.00 e. The Morgan fingerprint density at radius 2 is 0.930 bits per heavy atom. The summed E-state index contributed by atoms with van der Waals surface area (Å²) in [5, 5.41) is 0. The van der Waals surface area contributed by atoms with E-state index in [0.29, 0.717) is 8.45 Å². The third-order valence-corrected chi connectivity index (χ3v) is 21.9. The van der Waals surface area contributed by atoms with Gasteiger partial charge in [-0.25, -0.2) is 0 Å². The van der Waals surface area contributed by atoms with Gasteiger partial charge in [-0.1, -0.05) is 0 Å². The van der Waals surface area contributed by atoms with Crippen molar-refractivity contribution in [3.05, 3.63) is 161 Å². The molecule has 0 fully saturated rings. The van der Waals surface area contributed by atoms with Crippen molar-refractivity contribution in [2.45, 2.75) is 28.5 Å². The first kappa shape index (κ1) is 31.5. The zero-order valence-corrected chi connectivity index (χ0v) is 28.8. The summed E-state index contributed by atoms with van der Waals surface area (Å²) in [5.41, 5.74) is 15.9. The zero-order valence-electron chi connectivity index (χ0n) is 24.7. The van der Waals surface area contributed by atoms with Gasteiger partial charge in [-0.15, -0.1) is 0 Å². The first-order valence-electron chi connectivity index (χ1n) is 14.6. The monoisotopic (exact) mass is 648 g/mol. The number of allylic oxidation sites excluding steroid dienone is 2. The van der Waals surface area contributed by atoms with E-state index in [2.05, 4.69) is 160 Å². The zero-order chi connectivity index (χ0) is 27.9. The van der Waals surface area contributed by atoms with E-state index in [1.807, 2.05) is 0 Å². The molecule has 0 nitrogen and oxygen atoms in total. The fraction of sp³-hybridized carbons (Fsp3) is 0.128. The number of hydrogen-bond donors (Lipinski definition) is 0. The van der Waals surface area contributed by atoms with Crippen LogP contribution < -0.4 is 24.8 Å². The van der Waals surface area contributed by atoms with Crippen LogP contribution in [0.25, 0.3) is 40.0 Å². The second kappa shape index (κ2) is 13.4. The maximum Gasteiger partial charge on any atom is -1.00 e. The van der Waals surface area contributed by atoms with E-state index >= 15 is 0 Å². The molecule has 0 N–H and O–H groups in total. The van der Waals surface area contributed by atoms with E-state index in [1.165, 1.54) is 38.9 Å². The molecule has 0 saturated carbocycles. The fourth-order valence-electron chi connectivity index (χ4n) is 7.07. The van der Waals surface area contributed by atoms with Gasteiger partial charge < -0.3 is 24.8 Å². The van der Waals surface area contributed by atoms with Gasteiger partial charge in [-0.05, 0) is 0 Å². The molecule has 43 heavy (non-hydrogen) atoms. The molecule has 2 atom stereocenters.